The predicted molar refractivity (Wildman–Crippen MR) is 118 cm³/mol. The Morgan fingerprint density at radius 2 is 1.35 bits per heavy atom. The first-order chi connectivity index (χ1) is 15.1. The van der Waals surface area contributed by atoms with Crippen LogP contribution in [0.5, 0.6) is 17.2 Å². The number of aromatic nitrogens is 1. The van der Waals surface area contributed by atoms with E-state index in [4.69, 9.17) is 14.2 Å². The molecule has 0 aliphatic carbocycles. The van der Waals surface area contributed by atoms with Gasteiger partial charge in [0.25, 0.3) is 5.56 Å². The largest absolute Gasteiger partial charge is 0.497 e. The molecule has 158 valence electrons. The fraction of sp³-hybridized carbons (Fsp3) is 0.160. The molecule has 0 bridgehead atoms. The van der Waals surface area contributed by atoms with Crippen molar-refractivity contribution in [2.45, 2.75) is 13.2 Å². The van der Waals surface area contributed by atoms with Gasteiger partial charge in [-0.25, -0.2) is 4.39 Å². The van der Waals surface area contributed by atoms with Crippen LogP contribution in [0.25, 0.3) is 10.9 Å². The Hall–Kier alpha value is -3.80. The Kier molecular flexibility index (Phi) is 5.89. The summed E-state index contributed by atoms with van der Waals surface area (Å²) in [5.74, 6) is 0.993. The van der Waals surface area contributed by atoms with Crippen molar-refractivity contribution in [2.24, 2.45) is 0 Å². The molecule has 0 aliphatic rings. The van der Waals surface area contributed by atoms with Gasteiger partial charge in [0, 0.05) is 11.5 Å². The molecule has 3 aromatic carbocycles. The molecule has 0 N–H and O–H groups in total. The van der Waals surface area contributed by atoms with Crippen LogP contribution in [-0.2, 0) is 13.2 Å². The number of rotatable bonds is 7. The Balaban J connectivity index is 1.66. The van der Waals surface area contributed by atoms with Crippen LogP contribution >= 0.6 is 0 Å². The number of nitrogens with zero attached hydrogens (tertiary/aromatic N) is 1. The Morgan fingerprint density at radius 1 is 0.774 bits per heavy atom. The van der Waals surface area contributed by atoms with Gasteiger partial charge in [-0.1, -0.05) is 24.3 Å². The van der Waals surface area contributed by atoms with E-state index in [0.717, 1.165) is 22.6 Å². The van der Waals surface area contributed by atoms with E-state index in [9.17, 15) is 4.79 Å². The van der Waals surface area contributed by atoms with E-state index in [1.54, 1.807) is 32.4 Å². The molecule has 0 radical (unpaired) electrons. The van der Waals surface area contributed by atoms with Gasteiger partial charge in [-0.15, -0.1) is 0 Å². The topological polar surface area (TPSA) is 49.7 Å². The van der Waals surface area contributed by atoms with Crippen LogP contribution in [0.3, 0.4) is 0 Å². The summed E-state index contributed by atoms with van der Waals surface area (Å²) in [6, 6.07) is 21.1. The van der Waals surface area contributed by atoms with Crippen molar-refractivity contribution in [1.82, 2.24) is 4.57 Å². The molecule has 0 aliphatic heterocycles. The van der Waals surface area contributed by atoms with E-state index in [-0.39, 0.29) is 30.0 Å². The van der Waals surface area contributed by atoms with Crippen molar-refractivity contribution < 1.29 is 18.6 Å². The van der Waals surface area contributed by atoms with E-state index >= 15 is 4.39 Å². The molecule has 0 amide bonds. The third-order valence-electron chi connectivity index (χ3n) is 5.11. The average Bonchev–Trinajstić information content (AvgIpc) is 2.81. The standard InChI is InChI=1S/C25H22FNO4/c1-29-20-9-3-17(4-10-20)15-27-23(28)14-8-19-7-13-22(24(26)25(19)27)31-16-18-5-11-21(30-2)12-6-18/h3-14H,15-16H2,1-2H3. The van der Waals surface area contributed by atoms with Crippen molar-refractivity contribution in [3.8, 4) is 17.2 Å². The monoisotopic (exact) mass is 419 g/mol. The summed E-state index contributed by atoms with van der Waals surface area (Å²) in [4.78, 5) is 12.6. The molecule has 0 atom stereocenters. The zero-order valence-electron chi connectivity index (χ0n) is 17.3. The zero-order chi connectivity index (χ0) is 21.8. The summed E-state index contributed by atoms with van der Waals surface area (Å²) in [5.41, 5.74) is 1.67. The molecule has 1 heterocycles. The molecule has 4 aromatic rings. The van der Waals surface area contributed by atoms with Gasteiger partial charge in [0.05, 0.1) is 26.3 Å². The summed E-state index contributed by atoms with van der Waals surface area (Å²) in [5, 5.41) is 0.627. The summed E-state index contributed by atoms with van der Waals surface area (Å²) in [6.45, 7) is 0.432. The molecule has 4 rings (SSSR count). The van der Waals surface area contributed by atoms with Gasteiger partial charge in [-0.05, 0) is 53.6 Å². The van der Waals surface area contributed by atoms with Gasteiger partial charge >= 0.3 is 0 Å². The van der Waals surface area contributed by atoms with Crippen LogP contribution in [0.2, 0.25) is 0 Å². The molecule has 0 unspecified atom stereocenters. The number of halogens is 1. The molecule has 5 nitrogen and oxygen atoms in total. The van der Waals surface area contributed by atoms with Crippen LogP contribution < -0.4 is 19.8 Å². The quantitative estimate of drug-likeness (QED) is 0.432. The van der Waals surface area contributed by atoms with Gasteiger partial charge in [-0.2, -0.15) is 0 Å². The minimum Gasteiger partial charge on any atom is -0.497 e. The lowest BCUT2D eigenvalue weighted by Gasteiger charge is -2.14. The van der Waals surface area contributed by atoms with Crippen molar-refractivity contribution in [3.05, 3.63) is 100 Å². The Bertz CT molecular complexity index is 1250. The van der Waals surface area contributed by atoms with Gasteiger partial charge in [-0.3, -0.25) is 4.79 Å². The third-order valence-corrected chi connectivity index (χ3v) is 5.11. The van der Waals surface area contributed by atoms with Gasteiger partial charge in [0.15, 0.2) is 11.6 Å². The molecular formula is C25H22FNO4. The number of fused-ring (bicyclic) bond motifs is 1. The molecule has 0 fully saturated rings. The number of hydrogen-bond donors (Lipinski definition) is 0. The van der Waals surface area contributed by atoms with E-state index in [0.29, 0.717) is 5.39 Å². The smallest absolute Gasteiger partial charge is 0.251 e. The lowest BCUT2D eigenvalue weighted by atomic mass is 10.1. The highest BCUT2D eigenvalue weighted by Gasteiger charge is 2.14. The Morgan fingerprint density at radius 3 is 1.97 bits per heavy atom. The van der Waals surface area contributed by atoms with Crippen LogP contribution in [0.4, 0.5) is 4.39 Å². The van der Waals surface area contributed by atoms with Crippen molar-refractivity contribution in [1.29, 1.82) is 0 Å². The first kappa shape index (κ1) is 20.5. The number of hydrogen-bond acceptors (Lipinski definition) is 4. The fourth-order valence-corrected chi connectivity index (χ4v) is 3.40. The van der Waals surface area contributed by atoms with Gasteiger partial charge in [0.2, 0.25) is 0 Å². The minimum atomic E-state index is -0.558. The van der Waals surface area contributed by atoms with Gasteiger partial charge in [0.1, 0.15) is 18.1 Å². The maximum atomic E-state index is 15.4. The highest BCUT2D eigenvalue weighted by atomic mass is 19.1. The summed E-state index contributed by atoms with van der Waals surface area (Å²) in [6.07, 6.45) is 0. The number of benzene rings is 3. The summed E-state index contributed by atoms with van der Waals surface area (Å²) >= 11 is 0. The van der Waals surface area contributed by atoms with E-state index in [2.05, 4.69) is 0 Å². The predicted octanol–water partition coefficient (Wildman–Crippen LogP) is 4.79. The molecule has 0 saturated carbocycles. The Labute approximate surface area is 179 Å². The molecule has 0 spiro atoms. The van der Waals surface area contributed by atoms with Crippen molar-refractivity contribution in [3.63, 3.8) is 0 Å². The van der Waals surface area contributed by atoms with Crippen LogP contribution in [-0.4, -0.2) is 18.8 Å². The summed E-state index contributed by atoms with van der Waals surface area (Å²) in [7, 11) is 3.19. The van der Waals surface area contributed by atoms with E-state index in [1.165, 1.54) is 10.6 Å². The minimum absolute atomic E-state index is 0.0948. The summed E-state index contributed by atoms with van der Waals surface area (Å²) < 4.78 is 32.9. The average molecular weight is 419 g/mol. The maximum absolute atomic E-state index is 15.4. The normalized spacial score (nSPS) is 10.8. The second-order valence-electron chi connectivity index (χ2n) is 7.06. The zero-order valence-corrected chi connectivity index (χ0v) is 17.3. The van der Waals surface area contributed by atoms with Crippen LogP contribution in [0.15, 0.2) is 77.6 Å². The second-order valence-corrected chi connectivity index (χ2v) is 7.06. The fourth-order valence-electron chi connectivity index (χ4n) is 3.40. The lowest BCUT2D eigenvalue weighted by Crippen LogP contribution is -2.21. The molecular weight excluding hydrogens is 397 g/mol. The molecule has 31 heavy (non-hydrogen) atoms. The molecule has 1 aromatic heterocycles. The van der Waals surface area contributed by atoms with E-state index in [1.807, 2.05) is 48.5 Å². The second kappa shape index (κ2) is 8.92. The SMILES string of the molecule is COc1ccc(COc2ccc3ccc(=O)n(Cc4ccc(OC)cc4)c3c2F)cc1. The van der Waals surface area contributed by atoms with Crippen molar-refractivity contribution in [2.75, 3.05) is 14.2 Å². The number of ether oxygens (including phenoxy) is 3. The maximum Gasteiger partial charge on any atom is 0.251 e. The first-order valence-corrected chi connectivity index (χ1v) is 9.80. The number of pyridine rings is 1. The third kappa shape index (κ3) is 4.38. The van der Waals surface area contributed by atoms with Crippen LogP contribution in [0.1, 0.15) is 11.1 Å². The lowest BCUT2D eigenvalue weighted by molar-refractivity contribution is 0.291. The molecule has 6 heteroatoms. The van der Waals surface area contributed by atoms with Crippen LogP contribution in [0, 0.1) is 5.82 Å². The highest BCUT2D eigenvalue weighted by Crippen LogP contribution is 2.27. The first-order valence-electron chi connectivity index (χ1n) is 9.80. The van der Waals surface area contributed by atoms with E-state index < -0.39 is 5.82 Å². The van der Waals surface area contributed by atoms with Crippen molar-refractivity contribution >= 4 is 10.9 Å². The van der Waals surface area contributed by atoms with Gasteiger partial charge < -0.3 is 18.8 Å². The highest BCUT2D eigenvalue weighted by molar-refractivity contribution is 5.81. The number of methoxy groups -OCH3 is 2. The molecule has 0 saturated heterocycles.